The zero-order valence-electron chi connectivity index (χ0n) is 91.9. The third kappa shape index (κ3) is 19.7. The average Bonchev–Trinajstić information content (AvgIpc) is 1.56. The molecule has 18 nitrogen and oxygen atoms in total. The first-order valence-corrected chi connectivity index (χ1v) is 70.5. The molecule has 10 aliphatic heterocycles. The van der Waals surface area contributed by atoms with E-state index in [2.05, 4.69) is 463 Å². The Bertz CT molecular complexity index is 7570. The summed E-state index contributed by atoms with van der Waals surface area (Å²) in [6.07, 6.45) is 28.5. The molecule has 10 heterocycles. The van der Waals surface area contributed by atoms with Crippen LogP contribution >= 0.6 is 0 Å². The molecule has 0 spiro atoms. The largest absolute Gasteiger partial charge is 0.385 e. The standard InChI is InChI=1S/C22H28N3Si.C21H28N3Si.C21H30N3Si.C19H24N3Si.C18H24N3Si.C18H23N3Si/c1-24-9-5-7-15-11-17-21(13-19(15)24)26(3,4)22-14-20-16(12-18(22)23-17)8-6-10-25(20)2;1-6-24-11-7-8-15-12-18-21(14-19(15)24)25(4,5)20-13-16(23(2)3)9-10-17(20)22-18;1-7-23(4)16-10-12-18-20(14-16)25(5,6)21-15-17(24(8-2)9-3)11-13-19(21)22-18;1-21(2)14-6-7-15-18(11-14)23(4,5)19-12-17-13(8-9-22(17)3)10-16(19)20-15;1-20(2)13-7-9-15-17(11-13)22(5,6)18-12-14(21(3)4)8-10-16(18)19-15;1-6-19-13-7-9-15-17(11-13)22(4,5)18-12-14(21(2)3)8-10-16(18)20-15/h11-14H,5-10H2,1-4H3;9-10,12-14H,6-8,11H2,1-5H3;10-15H,7-9H2,1-6H3;6-7,10-12H,8-9H2,1-5H3;7-12H,1-6H3;7-12H,6H2,1-5H3/q5*+1;/p+1. The second-order valence-electron chi connectivity index (χ2n) is 45.1. The normalized spacial score (nSPS) is 18.4. The Balaban J connectivity index is 0.000000118. The van der Waals surface area contributed by atoms with E-state index in [0.29, 0.717) is 0 Å². The molecule has 24 heteroatoms. The van der Waals surface area contributed by atoms with Gasteiger partial charge in [0.15, 0.2) is 17.1 Å². The van der Waals surface area contributed by atoms with E-state index in [-0.39, 0.29) is 0 Å². The Morgan fingerprint density at radius 3 is 1.17 bits per heavy atom. The van der Waals surface area contributed by atoms with Crippen LogP contribution in [0.3, 0.4) is 0 Å². The van der Waals surface area contributed by atoms with E-state index in [9.17, 15) is 0 Å². The first-order valence-electron chi connectivity index (χ1n) is 52.5. The summed E-state index contributed by atoms with van der Waals surface area (Å²) in [7, 11) is 19.3. The molecule has 3 aliphatic carbocycles. The molecule has 0 bridgehead atoms. The van der Waals surface area contributed by atoms with Crippen LogP contribution in [0.2, 0.25) is 78.6 Å². The molecule has 0 saturated carbocycles. The fourth-order valence-electron chi connectivity index (χ4n) is 23.1. The SMILES string of the molecule is CCN(CC)c1ccc2c(c1)[Si](C)(C)C1=CC(=[N+](C)CC)C=CC1=N2.CCNc1ccc2c(c1)[Si](C)(C)C1=CC(=[N+](C)C)C=CC1=N2.CC[N+]1=c2cc3c(cc2CCC1)=Nc1ccc(N(C)C)cc1[Si]3(C)C.CN(C)c1ccc2c(c1)[Si](C)(C)C1=CC(=[N+](C)C)C=CC1=N2.CN(C)c1ccc2c(c1)[Si](C)(C)c1cc3c(cc1=N2)CC[N+]=3C.CN1CCCc2cc3c(cc21)[Si](C)(C)c1cc2c(cc1=N3)CCC[N+]=2C. The summed E-state index contributed by atoms with van der Waals surface area (Å²) in [5.41, 5.74) is 27.9. The lowest BCUT2D eigenvalue weighted by molar-refractivity contribution is -0.491. The summed E-state index contributed by atoms with van der Waals surface area (Å²) in [5, 5.41) is 28.9. The zero-order chi connectivity index (χ0) is 102. The van der Waals surface area contributed by atoms with Crippen molar-refractivity contribution in [1.29, 1.82) is 0 Å². The number of hydrogen-bond acceptors (Lipinski definition) is 12. The maximum absolute atomic E-state index is 5.17. The van der Waals surface area contributed by atoms with Gasteiger partial charge >= 0.3 is 0 Å². The fourth-order valence-corrected chi connectivity index (χ4v) is 40.3. The summed E-state index contributed by atoms with van der Waals surface area (Å²) < 4.78 is 14.0. The van der Waals surface area contributed by atoms with Gasteiger partial charge in [-0.15, -0.1) is 0 Å². The molecule has 0 radical (unpaired) electrons. The summed E-state index contributed by atoms with van der Waals surface area (Å²) in [4.78, 5) is 41.4. The lowest BCUT2D eigenvalue weighted by Gasteiger charge is -2.34. The van der Waals surface area contributed by atoms with E-state index in [1.165, 1.54) is 243 Å². The van der Waals surface area contributed by atoms with E-state index < -0.39 is 48.4 Å². The van der Waals surface area contributed by atoms with Crippen molar-refractivity contribution in [3.63, 3.8) is 0 Å². The van der Waals surface area contributed by atoms with Gasteiger partial charge in [0, 0.05) is 200 Å². The molecular formula is C119H158N18Si6+6. The predicted molar refractivity (Wildman–Crippen MR) is 633 cm³/mol. The smallest absolute Gasteiger partial charge is 0.203 e. The second kappa shape index (κ2) is 40.4. The molecule has 13 aliphatic rings. The quantitative estimate of drug-likeness (QED) is 0.0827. The molecule has 742 valence electrons. The maximum Gasteiger partial charge on any atom is 0.203 e. The Hall–Kier alpha value is -11.7. The van der Waals surface area contributed by atoms with Gasteiger partial charge in [0.25, 0.3) is 0 Å². The van der Waals surface area contributed by atoms with Gasteiger partial charge in [0.05, 0.1) is 67.3 Å². The van der Waals surface area contributed by atoms with Crippen LogP contribution in [0.25, 0.3) is 0 Å². The minimum Gasteiger partial charge on any atom is -0.385 e. The first-order chi connectivity index (χ1) is 67.9. The second-order valence-corrected chi connectivity index (χ2v) is 71.1. The number of nitrogens with one attached hydrogen (secondary N) is 1. The van der Waals surface area contributed by atoms with Gasteiger partial charge in [0.2, 0.25) is 16.1 Å². The number of likely N-dealkylation sites (N-methyl/N-ethyl adjacent to an activating group) is 1. The number of rotatable bonds is 10. The molecule has 0 fully saturated rings. The van der Waals surface area contributed by atoms with Crippen LogP contribution < -0.4 is 122 Å². The zero-order valence-corrected chi connectivity index (χ0v) is 97.9. The summed E-state index contributed by atoms with van der Waals surface area (Å²) in [5.74, 6) is 0. The topological polar surface area (TPSA) is 120 Å². The van der Waals surface area contributed by atoms with Gasteiger partial charge in [-0.3, -0.25) is 0 Å². The van der Waals surface area contributed by atoms with Crippen molar-refractivity contribution in [2.24, 2.45) is 30.0 Å². The lowest BCUT2D eigenvalue weighted by atomic mass is 10.0. The molecule has 9 aromatic rings. The fraction of sp³-hybridized carbons (Fsp3) is 0.395. The van der Waals surface area contributed by atoms with E-state index in [1.807, 2.05) is 0 Å². The maximum atomic E-state index is 5.17. The van der Waals surface area contributed by atoms with Gasteiger partial charge in [-0.05, 0) is 268 Å². The molecule has 143 heavy (non-hydrogen) atoms. The number of hydrogen-bond donors (Lipinski definition) is 1. The summed E-state index contributed by atoms with van der Waals surface area (Å²) in [6, 6.07) is 53.0. The Morgan fingerprint density at radius 2 is 0.727 bits per heavy atom. The van der Waals surface area contributed by atoms with Crippen molar-refractivity contribution in [3.8, 4) is 0 Å². The van der Waals surface area contributed by atoms with Gasteiger partial charge in [-0.2, -0.15) is 0 Å². The highest BCUT2D eigenvalue weighted by molar-refractivity contribution is 7.04. The summed E-state index contributed by atoms with van der Waals surface area (Å²) >= 11 is 0. The highest BCUT2D eigenvalue weighted by Crippen LogP contribution is 2.38. The first kappa shape index (κ1) is 103. The summed E-state index contributed by atoms with van der Waals surface area (Å²) in [6.45, 7) is 50.3. The van der Waals surface area contributed by atoms with Crippen LogP contribution in [0.4, 0.5) is 68.2 Å². The molecule has 9 aromatic carbocycles. The van der Waals surface area contributed by atoms with E-state index in [4.69, 9.17) is 30.0 Å². The Morgan fingerprint density at radius 1 is 0.357 bits per heavy atom. The van der Waals surface area contributed by atoms with Gasteiger partial charge in [0.1, 0.15) is 131 Å². The van der Waals surface area contributed by atoms with Crippen molar-refractivity contribution >= 4 is 198 Å². The van der Waals surface area contributed by atoms with Gasteiger partial charge < -0.3 is 29.8 Å². The monoisotopic (exact) mass is 2010 g/mol. The lowest BCUT2D eigenvalue weighted by Crippen LogP contribution is -2.62. The molecule has 0 amide bonds. The molecule has 0 atom stereocenters. The van der Waals surface area contributed by atoms with Crippen LogP contribution in [-0.4, -0.2) is 254 Å². The number of anilines is 6. The van der Waals surface area contributed by atoms with Crippen molar-refractivity contribution < 1.29 is 13.7 Å². The molecule has 1 N–H and O–H groups in total. The van der Waals surface area contributed by atoms with Crippen molar-refractivity contribution in [3.05, 3.63) is 264 Å². The minimum absolute atomic E-state index is 0.944. The minimum atomic E-state index is -1.77. The number of allylic oxidation sites excluding steroid dienone is 12. The number of fused-ring (bicyclic) bond motifs is 16. The average molecular weight is 2010 g/mol. The van der Waals surface area contributed by atoms with Crippen molar-refractivity contribution in [2.45, 2.75) is 158 Å². The number of nitrogens with zero attached hydrogens (tertiary/aromatic N) is 17. The van der Waals surface area contributed by atoms with Crippen LogP contribution in [-0.2, 0) is 25.7 Å². The van der Waals surface area contributed by atoms with E-state index >= 15 is 0 Å². The van der Waals surface area contributed by atoms with E-state index in [0.717, 1.165) is 79.9 Å². The third-order valence-corrected chi connectivity index (χ3v) is 53.6. The van der Waals surface area contributed by atoms with Crippen molar-refractivity contribution in [2.75, 3.05) is 187 Å². The van der Waals surface area contributed by atoms with Gasteiger partial charge in [-0.1, -0.05) is 78.6 Å². The third-order valence-electron chi connectivity index (χ3n) is 32.6. The van der Waals surface area contributed by atoms with Crippen LogP contribution in [0.5, 0.6) is 0 Å². The van der Waals surface area contributed by atoms with Crippen LogP contribution in [0.1, 0.15) is 76.1 Å². The van der Waals surface area contributed by atoms with Crippen LogP contribution in [0, 0.1) is 0 Å². The number of aliphatic imine (C=N–C) groups is 3. The highest BCUT2D eigenvalue weighted by Gasteiger charge is 2.45. The van der Waals surface area contributed by atoms with E-state index in [1.54, 1.807) is 0 Å². The van der Waals surface area contributed by atoms with Crippen LogP contribution in [0.15, 0.2) is 240 Å². The van der Waals surface area contributed by atoms with Gasteiger partial charge in [-0.25, -0.2) is 57.4 Å². The Kier molecular flexibility index (Phi) is 29.0. The van der Waals surface area contributed by atoms with Crippen molar-refractivity contribution in [1.82, 2.24) is 13.7 Å². The highest BCUT2D eigenvalue weighted by atomic mass is 28.3. The molecule has 0 unspecified atom stereocenters. The number of benzene rings is 9. The molecule has 22 rings (SSSR count). The molecule has 0 aromatic heterocycles. The Labute approximate surface area is 858 Å². The predicted octanol–water partition coefficient (Wildman–Crippen LogP) is 12.1. The molecule has 0 saturated heterocycles. The number of aryl methyl sites for hydroxylation is 3. The molecular weight excluding hydrogens is 1850 g/mol.